The van der Waals surface area contributed by atoms with Crippen LogP contribution in [-0.2, 0) is 16.0 Å². The van der Waals surface area contributed by atoms with Gasteiger partial charge in [0.15, 0.2) is 6.10 Å². The van der Waals surface area contributed by atoms with Crippen LogP contribution in [0.25, 0.3) is 11.3 Å². The Kier molecular flexibility index (Phi) is 11.2. The number of hydrogen-bond donors (Lipinski definition) is 0. The number of aromatic nitrogens is 1. The summed E-state index contributed by atoms with van der Waals surface area (Å²) in [5.74, 6) is -0.885. The van der Waals surface area contributed by atoms with Crippen LogP contribution in [0, 0.1) is 0 Å². The third-order valence-electron chi connectivity index (χ3n) is 6.29. The predicted octanol–water partition coefficient (Wildman–Crippen LogP) is 7.40. The third kappa shape index (κ3) is 8.65. The molecule has 0 aliphatic heterocycles. The van der Waals surface area contributed by atoms with Gasteiger partial charge in [-0.25, -0.2) is 4.79 Å². The number of pyridine rings is 1. The van der Waals surface area contributed by atoms with Crippen molar-refractivity contribution in [1.29, 1.82) is 0 Å². The zero-order valence-corrected chi connectivity index (χ0v) is 22.6. The number of Topliss-reactive ketones (excluding diaryl/α,β-unsaturated/α-hetero) is 1. The highest BCUT2D eigenvalue weighted by atomic mass is 16.5. The first-order chi connectivity index (χ1) is 18.4. The van der Waals surface area contributed by atoms with Crippen LogP contribution >= 0.6 is 0 Å². The molecule has 0 spiro atoms. The minimum absolute atomic E-state index is 0.273. The summed E-state index contributed by atoms with van der Waals surface area (Å²) in [5, 5.41) is 0. The monoisotopic (exact) mass is 515 g/mol. The SMILES string of the molecule is CCCCCCCc1ccc(-c2ccc(C(=O)Oc3ccc(C(=O)C(C)OC(=O)CCC)cc3)cc2)nc1. The Labute approximate surface area is 225 Å². The van der Waals surface area contributed by atoms with Crippen molar-refractivity contribution in [1.82, 2.24) is 4.98 Å². The number of carbonyl (C=O) groups is 3. The van der Waals surface area contributed by atoms with Gasteiger partial charge in [-0.15, -0.1) is 0 Å². The standard InChI is InChI=1S/C32H37NO5/c1-4-6-7-8-9-11-24-12-21-29(33-22-24)25-13-15-27(16-14-25)32(36)38-28-19-17-26(18-20-28)31(35)23(3)37-30(34)10-5-2/h12-23H,4-11H2,1-3H3. The van der Waals surface area contributed by atoms with Crippen LogP contribution < -0.4 is 4.74 Å². The molecule has 1 atom stereocenters. The summed E-state index contributed by atoms with van der Waals surface area (Å²) in [5.41, 5.74) is 3.81. The van der Waals surface area contributed by atoms with Gasteiger partial charge in [-0.2, -0.15) is 0 Å². The van der Waals surface area contributed by atoms with E-state index in [1.807, 2.05) is 31.3 Å². The smallest absolute Gasteiger partial charge is 0.343 e. The number of ether oxygens (including phenoxy) is 2. The molecule has 0 saturated carbocycles. The largest absolute Gasteiger partial charge is 0.454 e. The van der Waals surface area contributed by atoms with Crippen LogP contribution in [0.15, 0.2) is 66.9 Å². The van der Waals surface area contributed by atoms with Crippen molar-refractivity contribution in [2.45, 2.75) is 78.2 Å². The molecule has 0 N–H and O–H groups in total. The topological polar surface area (TPSA) is 82.6 Å². The van der Waals surface area contributed by atoms with E-state index in [0.717, 1.165) is 17.7 Å². The Hall–Kier alpha value is -3.80. The van der Waals surface area contributed by atoms with Crippen molar-refractivity contribution in [3.8, 4) is 17.0 Å². The summed E-state index contributed by atoms with van der Waals surface area (Å²) in [6.07, 6.45) is 9.32. The second kappa shape index (κ2) is 14.8. The molecule has 0 saturated heterocycles. The lowest BCUT2D eigenvalue weighted by Gasteiger charge is -2.12. The van der Waals surface area contributed by atoms with Crippen molar-refractivity contribution >= 4 is 17.7 Å². The van der Waals surface area contributed by atoms with Crippen molar-refractivity contribution in [2.75, 3.05) is 0 Å². The normalized spacial score (nSPS) is 11.6. The molecule has 0 radical (unpaired) electrons. The lowest BCUT2D eigenvalue weighted by Crippen LogP contribution is -2.24. The number of hydrogen-bond acceptors (Lipinski definition) is 6. The van der Waals surface area contributed by atoms with Crippen molar-refractivity contribution < 1.29 is 23.9 Å². The number of esters is 2. The number of ketones is 1. The summed E-state index contributed by atoms with van der Waals surface area (Å²) in [7, 11) is 0. The zero-order valence-electron chi connectivity index (χ0n) is 22.6. The van der Waals surface area contributed by atoms with Gasteiger partial charge in [0.2, 0.25) is 5.78 Å². The van der Waals surface area contributed by atoms with Gasteiger partial charge in [0.05, 0.1) is 11.3 Å². The minimum atomic E-state index is -0.873. The van der Waals surface area contributed by atoms with E-state index >= 15 is 0 Å². The van der Waals surface area contributed by atoms with Crippen molar-refractivity contribution in [3.05, 3.63) is 83.6 Å². The van der Waals surface area contributed by atoms with Crippen LogP contribution in [0.1, 0.15) is 92.0 Å². The molecule has 0 bridgehead atoms. The summed E-state index contributed by atoms with van der Waals surface area (Å²) in [6, 6.07) is 17.5. The van der Waals surface area contributed by atoms with E-state index in [1.54, 1.807) is 43.3 Å². The quantitative estimate of drug-likeness (QED) is 0.0963. The van der Waals surface area contributed by atoms with E-state index in [0.29, 0.717) is 23.3 Å². The van der Waals surface area contributed by atoms with E-state index in [9.17, 15) is 14.4 Å². The maximum absolute atomic E-state index is 12.6. The van der Waals surface area contributed by atoms with Gasteiger partial charge in [-0.05, 0) is 74.2 Å². The number of benzene rings is 2. The fourth-order valence-corrected chi connectivity index (χ4v) is 4.05. The zero-order chi connectivity index (χ0) is 27.3. The Morgan fingerprint density at radius 2 is 1.47 bits per heavy atom. The molecule has 38 heavy (non-hydrogen) atoms. The van der Waals surface area contributed by atoms with Gasteiger partial charge >= 0.3 is 11.9 Å². The Morgan fingerprint density at radius 3 is 2.11 bits per heavy atom. The summed E-state index contributed by atoms with van der Waals surface area (Å²) >= 11 is 0. The van der Waals surface area contributed by atoms with Crippen LogP contribution in [-0.4, -0.2) is 28.8 Å². The summed E-state index contributed by atoms with van der Waals surface area (Å²) < 4.78 is 10.6. The molecule has 6 heteroatoms. The third-order valence-corrected chi connectivity index (χ3v) is 6.29. The molecule has 1 heterocycles. The number of aryl methyl sites for hydroxylation is 1. The average Bonchev–Trinajstić information content (AvgIpc) is 2.93. The molecule has 1 aromatic heterocycles. The number of carbonyl (C=O) groups excluding carboxylic acids is 3. The highest BCUT2D eigenvalue weighted by molar-refractivity contribution is 6.00. The van der Waals surface area contributed by atoms with Gasteiger partial charge in [-0.3, -0.25) is 14.6 Å². The van der Waals surface area contributed by atoms with Crippen LogP contribution in [0.3, 0.4) is 0 Å². The van der Waals surface area contributed by atoms with Crippen LogP contribution in [0.5, 0.6) is 5.75 Å². The van der Waals surface area contributed by atoms with E-state index in [4.69, 9.17) is 9.47 Å². The Morgan fingerprint density at radius 1 is 0.789 bits per heavy atom. The maximum atomic E-state index is 12.6. The maximum Gasteiger partial charge on any atom is 0.343 e. The van der Waals surface area contributed by atoms with E-state index in [-0.39, 0.29) is 12.2 Å². The first kappa shape index (κ1) is 28.8. The number of unbranched alkanes of at least 4 members (excludes halogenated alkanes) is 4. The van der Waals surface area contributed by atoms with Gasteiger partial charge in [0.1, 0.15) is 5.75 Å². The molecular formula is C32H37NO5. The highest BCUT2D eigenvalue weighted by Crippen LogP contribution is 2.21. The molecule has 3 aromatic rings. The molecule has 0 fully saturated rings. The Balaban J connectivity index is 1.53. The van der Waals surface area contributed by atoms with Crippen molar-refractivity contribution in [2.24, 2.45) is 0 Å². The van der Waals surface area contributed by atoms with E-state index in [2.05, 4.69) is 18.0 Å². The van der Waals surface area contributed by atoms with Gasteiger partial charge in [-0.1, -0.05) is 57.7 Å². The molecule has 0 amide bonds. The molecule has 6 nitrogen and oxygen atoms in total. The average molecular weight is 516 g/mol. The first-order valence-electron chi connectivity index (χ1n) is 13.5. The minimum Gasteiger partial charge on any atom is -0.454 e. The molecule has 200 valence electrons. The first-order valence-corrected chi connectivity index (χ1v) is 13.5. The molecule has 1 unspecified atom stereocenters. The molecule has 2 aromatic carbocycles. The number of nitrogens with zero attached hydrogens (tertiary/aromatic N) is 1. The predicted molar refractivity (Wildman–Crippen MR) is 148 cm³/mol. The Bertz CT molecular complexity index is 1180. The van der Waals surface area contributed by atoms with Crippen molar-refractivity contribution in [3.63, 3.8) is 0 Å². The number of rotatable bonds is 14. The molecule has 3 rings (SSSR count). The summed E-state index contributed by atoms with van der Waals surface area (Å²) in [6.45, 7) is 5.64. The lowest BCUT2D eigenvalue weighted by atomic mass is 10.0. The second-order valence-electron chi connectivity index (χ2n) is 9.45. The van der Waals surface area contributed by atoms with E-state index < -0.39 is 18.0 Å². The summed E-state index contributed by atoms with van der Waals surface area (Å²) in [4.78, 5) is 41.4. The van der Waals surface area contributed by atoms with E-state index in [1.165, 1.54) is 37.7 Å². The molecule has 0 aliphatic rings. The van der Waals surface area contributed by atoms with Crippen LogP contribution in [0.2, 0.25) is 0 Å². The fraction of sp³-hybridized carbons (Fsp3) is 0.375. The van der Waals surface area contributed by atoms with Crippen LogP contribution in [0.4, 0.5) is 0 Å². The van der Waals surface area contributed by atoms with Gasteiger partial charge in [0.25, 0.3) is 0 Å². The van der Waals surface area contributed by atoms with Gasteiger partial charge in [0, 0.05) is 23.7 Å². The lowest BCUT2D eigenvalue weighted by molar-refractivity contribution is -0.146. The second-order valence-corrected chi connectivity index (χ2v) is 9.45. The molecule has 0 aliphatic carbocycles. The van der Waals surface area contributed by atoms with Gasteiger partial charge < -0.3 is 9.47 Å². The molecular weight excluding hydrogens is 478 g/mol. The fourth-order valence-electron chi connectivity index (χ4n) is 4.05. The highest BCUT2D eigenvalue weighted by Gasteiger charge is 2.19.